The molecule has 1 aliphatic rings. The summed E-state index contributed by atoms with van der Waals surface area (Å²) in [5.41, 5.74) is 2.05. The van der Waals surface area contributed by atoms with E-state index in [0.717, 1.165) is 30.5 Å². The number of rotatable bonds is 5. The van der Waals surface area contributed by atoms with E-state index in [9.17, 15) is 9.90 Å². The van der Waals surface area contributed by atoms with E-state index in [0.29, 0.717) is 18.5 Å². The fraction of sp³-hybridized carbons (Fsp3) is 0.611. The third-order valence-electron chi connectivity index (χ3n) is 4.59. The lowest BCUT2D eigenvalue weighted by atomic mass is 9.97. The van der Waals surface area contributed by atoms with E-state index in [1.54, 1.807) is 0 Å². The van der Waals surface area contributed by atoms with Crippen LogP contribution in [0, 0.1) is 0 Å². The number of aliphatic hydroxyl groups excluding tert-OH is 1. The molecular formula is C18H28N2O2. The third-order valence-corrected chi connectivity index (χ3v) is 4.59. The molecule has 2 N–H and O–H groups in total. The molecule has 0 spiro atoms. The van der Waals surface area contributed by atoms with E-state index >= 15 is 0 Å². The predicted molar refractivity (Wildman–Crippen MR) is 90.1 cm³/mol. The first-order valence-electron chi connectivity index (χ1n) is 8.28. The summed E-state index contributed by atoms with van der Waals surface area (Å²) in [5.74, 6) is 0.371. The first-order valence-corrected chi connectivity index (χ1v) is 8.28. The van der Waals surface area contributed by atoms with Crippen molar-refractivity contribution in [3.8, 4) is 0 Å². The number of hydrogen-bond acceptors (Lipinski definition) is 3. The molecule has 1 saturated heterocycles. The summed E-state index contributed by atoms with van der Waals surface area (Å²) in [5, 5.41) is 12.6. The van der Waals surface area contributed by atoms with E-state index in [2.05, 4.69) is 37.1 Å². The zero-order valence-electron chi connectivity index (χ0n) is 13.9. The number of para-hydroxylation sites is 1. The molecule has 2 rings (SSSR count). The molecule has 1 amide bonds. The number of amides is 1. The van der Waals surface area contributed by atoms with Crippen molar-refractivity contribution in [2.45, 2.75) is 58.0 Å². The third kappa shape index (κ3) is 4.08. The van der Waals surface area contributed by atoms with Gasteiger partial charge < -0.3 is 10.4 Å². The molecule has 1 aliphatic heterocycles. The van der Waals surface area contributed by atoms with Crippen molar-refractivity contribution < 1.29 is 9.90 Å². The van der Waals surface area contributed by atoms with Gasteiger partial charge in [-0.15, -0.1) is 0 Å². The molecule has 2 unspecified atom stereocenters. The Bertz CT molecular complexity index is 502. The highest BCUT2D eigenvalue weighted by molar-refractivity contribution is 5.93. The molecule has 2 atom stereocenters. The molecular weight excluding hydrogens is 276 g/mol. The van der Waals surface area contributed by atoms with Gasteiger partial charge in [-0.3, -0.25) is 9.69 Å². The number of aliphatic hydroxyl groups is 1. The summed E-state index contributed by atoms with van der Waals surface area (Å²) in [6, 6.07) is 8.41. The molecule has 0 aliphatic carbocycles. The number of nitrogens with one attached hydrogen (secondary N) is 1. The molecule has 0 radical (unpaired) electrons. The molecule has 122 valence electrons. The number of piperidine rings is 1. The summed E-state index contributed by atoms with van der Waals surface area (Å²) in [4.78, 5) is 14.6. The fourth-order valence-corrected chi connectivity index (χ4v) is 3.29. The Labute approximate surface area is 133 Å². The fourth-order valence-electron chi connectivity index (χ4n) is 3.29. The van der Waals surface area contributed by atoms with E-state index in [1.165, 1.54) is 0 Å². The molecule has 0 bridgehead atoms. The van der Waals surface area contributed by atoms with Gasteiger partial charge in [-0.25, -0.2) is 0 Å². The molecule has 22 heavy (non-hydrogen) atoms. The van der Waals surface area contributed by atoms with Crippen LogP contribution in [0.15, 0.2) is 24.3 Å². The number of anilines is 1. The highest BCUT2D eigenvalue weighted by Crippen LogP contribution is 2.25. The molecule has 0 aromatic heterocycles. The molecule has 4 nitrogen and oxygen atoms in total. The maximum absolute atomic E-state index is 12.4. The van der Waals surface area contributed by atoms with Crippen LogP contribution in [0.25, 0.3) is 0 Å². The Morgan fingerprint density at radius 2 is 2.09 bits per heavy atom. The van der Waals surface area contributed by atoms with Gasteiger partial charge in [0.1, 0.15) is 0 Å². The van der Waals surface area contributed by atoms with Crippen molar-refractivity contribution in [1.82, 2.24) is 4.90 Å². The van der Waals surface area contributed by atoms with E-state index in [1.807, 2.05) is 18.2 Å². The Balaban J connectivity index is 2.03. The summed E-state index contributed by atoms with van der Waals surface area (Å²) in [6.45, 7) is 6.86. The number of carbonyl (C=O) groups excluding carboxylic acids is 1. The van der Waals surface area contributed by atoms with Crippen LogP contribution in [-0.4, -0.2) is 41.1 Å². The van der Waals surface area contributed by atoms with Crippen LogP contribution in [0.2, 0.25) is 0 Å². The van der Waals surface area contributed by atoms with Crippen LogP contribution in [0.4, 0.5) is 5.69 Å². The number of hydrogen-bond donors (Lipinski definition) is 2. The normalized spacial score (nSPS) is 22.8. The van der Waals surface area contributed by atoms with E-state index in [-0.39, 0.29) is 18.6 Å². The van der Waals surface area contributed by atoms with Crippen LogP contribution >= 0.6 is 0 Å². The zero-order valence-corrected chi connectivity index (χ0v) is 13.9. The van der Waals surface area contributed by atoms with Crippen molar-refractivity contribution in [2.24, 2.45) is 0 Å². The first-order chi connectivity index (χ1) is 10.5. The Morgan fingerprint density at radius 1 is 1.36 bits per heavy atom. The van der Waals surface area contributed by atoms with Crippen molar-refractivity contribution in [2.75, 3.05) is 18.5 Å². The summed E-state index contributed by atoms with van der Waals surface area (Å²) in [7, 11) is 0. The van der Waals surface area contributed by atoms with Gasteiger partial charge in [0.2, 0.25) is 5.91 Å². The van der Waals surface area contributed by atoms with Crippen molar-refractivity contribution >= 4 is 11.6 Å². The monoisotopic (exact) mass is 304 g/mol. The largest absolute Gasteiger partial charge is 0.395 e. The van der Waals surface area contributed by atoms with Crippen molar-refractivity contribution in [1.29, 1.82) is 0 Å². The Morgan fingerprint density at radius 3 is 2.77 bits per heavy atom. The van der Waals surface area contributed by atoms with Gasteiger partial charge in [0, 0.05) is 17.8 Å². The summed E-state index contributed by atoms with van der Waals surface area (Å²) in [6.07, 6.45) is 3.18. The summed E-state index contributed by atoms with van der Waals surface area (Å²) < 4.78 is 0. The number of benzene rings is 1. The maximum Gasteiger partial charge on any atom is 0.238 e. The Kier molecular flexibility index (Phi) is 5.98. The molecule has 1 heterocycles. The lowest BCUT2D eigenvalue weighted by molar-refractivity contribution is -0.119. The predicted octanol–water partition coefficient (Wildman–Crippen LogP) is 2.98. The second-order valence-electron chi connectivity index (χ2n) is 6.58. The van der Waals surface area contributed by atoms with Gasteiger partial charge in [-0.1, -0.05) is 38.5 Å². The van der Waals surface area contributed by atoms with Crippen LogP contribution in [0.3, 0.4) is 0 Å². The number of likely N-dealkylation sites (tertiary alicyclic amines) is 1. The smallest absolute Gasteiger partial charge is 0.238 e. The van der Waals surface area contributed by atoms with Crippen LogP contribution in [0.5, 0.6) is 0 Å². The van der Waals surface area contributed by atoms with Crippen LogP contribution < -0.4 is 5.32 Å². The minimum absolute atomic E-state index is 0.000278. The van der Waals surface area contributed by atoms with Gasteiger partial charge in [-0.2, -0.15) is 0 Å². The van der Waals surface area contributed by atoms with Gasteiger partial charge in [0.05, 0.1) is 13.2 Å². The molecule has 4 heteroatoms. The van der Waals surface area contributed by atoms with E-state index in [4.69, 9.17) is 0 Å². The molecule has 1 fully saturated rings. The van der Waals surface area contributed by atoms with Gasteiger partial charge in [0.25, 0.3) is 0 Å². The van der Waals surface area contributed by atoms with Crippen molar-refractivity contribution in [3.05, 3.63) is 29.8 Å². The SMILES string of the molecule is CC(C)c1ccccc1NC(=O)CN1C(C)CCCC1CO. The number of nitrogens with zero attached hydrogens (tertiary/aromatic N) is 1. The average Bonchev–Trinajstić information content (AvgIpc) is 2.49. The highest BCUT2D eigenvalue weighted by atomic mass is 16.3. The average molecular weight is 304 g/mol. The van der Waals surface area contributed by atoms with Gasteiger partial charge >= 0.3 is 0 Å². The molecule has 1 aromatic rings. The standard InChI is InChI=1S/C18H28N2O2/c1-13(2)16-9-4-5-10-17(16)19-18(22)11-20-14(3)7-6-8-15(20)12-21/h4-5,9-10,13-15,21H,6-8,11-12H2,1-3H3,(H,19,22). The van der Waals surface area contributed by atoms with Crippen molar-refractivity contribution in [3.63, 3.8) is 0 Å². The topological polar surface area (TPSA) is 52.6 Å². The summed E-state index contributed by atoms with van der Waals surface area (Å²) >= 11 is 0. The first kappa shape index (κ1) is 17.0. The van der Waals surface area contributed by atoms with Gasteiger partial charge in [-0.05, 0) is 37.3 Å². The van der Waals surface area contributed by atoms with Gasteiger partial charge in [0.15, 0.2) is 0 Å². The molecule has 0 saturated carbocycles. The molecule has 1 aromatic carbocycles. The quantitative estimate of drug-likeness (QED) is 0.879. The lowest BCUT2D eigenvalue weighted by Gasteiger charge is -2.39. The lowest BCUT2D eigenvalue weighted by Crippen LogP contribution is -2.50. The Hall–Kier alpha value is -1.39. The second-order valence-corrected chi connectivity index (χ2v) is 6.58. The van der Waals surface area contributed by atoms with Crippen LogP contribution in [0.1, 0.15) is 51.5 Å². The minimum Gasteiger partial charge on any atom is -0.395 e. The maximum atomic E-state index is 12.4. The highest BCUT2D eigenvalue weighted by Gasteiger charge is 2.28. The second kappa shape index (κ2) is 7.75. The number of carbonyl (C=O) groups is 1. The van der Waals surface area contributed by atoms with Crippen LogP contribution in [-0.2, 0) is 4.79 Å². The van der Waals surface area contributed by atoms with E-state index < -0.39 is 0 Å². The minimum atomic E-state index is 0.000278. The zero-order chi connectivity index (χ0) is 16.1.